The van der Waals surface area contributed by atoms with Gasteiger partial charge >= 0.3 is 10.2 Å². The molecule has 1 rings (SSSR count). The number of hydrogen-bond donors (Lipinski definition) is 2. The zero-order valence-electron chi connectivity index (χ0n) is 9.73. The molecule has 0 fully saturated rings. The van der Waals surface area contributed by atoms with Gasteiger partial charge in [0, 0.05) is 20.2 Å². The molecule has 1 aromatic carbocycles. The van der Waals surface area contributed by atoms with Gasteiger partial charge in [0.05, 0.1) is 5.02 Å². The Bertz CT molecular complexity index is 490. The number of rotatable bonds is 6. The lowest BCUT2D eigenvalue weighted by molar-refractivity contribution is 0.276. The number of benzene rings is 1. The smallest absolute Gasteiger partial charge is 0.301 e. The SMILES string of the molecule is CN(CCCO)S(=O)(=O)Nc1c(F)cccc1Cl. The molecule has 0 atom stereocenters. The van der Waals surface area contributed by atoms with Gasteiger partial charge in [0.15, 0.2) is 0 Å². The highest BCUT2D eigenvalue weighted by Crippen LogP contribution is 2.25. The van der Waals surface area contributed by atoms with Crippen molar-refractivity contribution in [2.75, 3.05) is 24.9 Å². The maximum atomic E-state index is 13.4. The van der Waals surface area contributed by atoms with Crippen molar-refractivity contribution in [2.45, 2.75) is 6.42 Å². The van der Waals surface area contributed by atoms with Gasteiger partial charge in [-0.2, -0.15) is 12.7 Å². The molecule has 0 bridgehead atoms. The first kappa shape index (κ1) is 15.2. The van der Waals surface area contributed by atoms with E-state index in [0.29, 0.717) is 6.42 Å². The van der Waals surface area contributed by atoms with Crippen LogP contribution in [0.1, 0.15) is 6.42 Å². The second kappa shape index (κ2) is 6.33. The third-order valence-corrected chi connectivity index (χ3v) is 4.02. The summed E-state index contributed by atoms with van der Waals surface area (Å²) < 4.78 is 40.1. The first-order valence-corrected chi connectivity index (χ1v) is 6.99. The molecule has 0 heterocycles. The summed E-state index contributed by atoms with van der Waals surface area (Å²) in [6.07, 6.45) is 0.294. The van der Waals surface area contributed by atoms with Crippen molar-refractivity contribution >= 4 is 27.5 Å². The van der Waals surface area contributed by atoms with Crippen LogP contribution in [0.25, 0.3) is 0 Å². The second-order valence-corrected chi connectivity index (χ2v) is 5.79. The van der Waals surface area contributed by atoms with Crippen LogP contribution >= 0.6 is 11.6 Å². The Kier molecular flexibility index (Phi) is 5.33. The van der Waals surface area contributed by atoms with E-state index in [1.54, 1.807) is 0 Å². The highest BCUT2D eigenvalue weighted by Gasteiger charge is 2.20. The summed E-state index contributed by atoms with van der Waals surface area (Å²) in [5.74, 6) is -0.748. The van der Waals surface area contributed by atoms with Crippen molar-refractivity contribution in [2.24, 2.45) is 0 Å². The summed E-state index contributed by atoms with van der Waals surface area (Å²) in [5, 5.41) is 8.62. The highest BCUT2D eigenvalue weighted by atomic mass is 35.5. The Balaban J connectivity index is 2.89. The van der Waals surface area contributed by atoms with E-state index in [0.717, 1.165) is 10.4 Å². The van der Waals surface area contributed by atoms with E-state index >= 15 is 0 Å². The molecule has 0 aliphatic rings. The maximum Gasteiger partial charge on any atom is 0.301 e. The summed E-state index contributed by atoms with van der Waals surface area (Å²) in [7, 11) is -2.56. The number of aliphatic hydroxyl groups excluding tert-OH is 1. The normalized spacial score (nSPS) is 11.8. The van der Waals surface area contributed by atoms with Crippen LogP contribution < -0.4 is 4.72 Å². The van der Waals surface area contributed by atoms with E-state index < -0.39 is 16.0 Å². The molecule has 0 aliphatic heterocycles. The summed E-state index contributed by atoms with van der Waals surface area (Å²) in [6, 6.07) is 3.87. The Morgan fingerprint density at radius 1 is 1.50 bits per heavy atom. The minimum absolute atomic E-state index is 0.0193. The first-order chi connectivity index (χ1) is 8.38. The van der Waals surface area contributed by atoms with Crippen LogP contribution in [0.4, 0.5) is 10.1 Å². The molecule has 0 saturated heterocycles. The molecule has 0 saturated carbocycles. The summed E-state index contributed by atoms with van der Waals surface area (Å²) >= 11 is 5.72. The fraction of sp³-hybridized carbons (Fsp3) is 0.400. The van der Waals surface area contributed by atoms with Gasteiger partial charge in [-0.05, 0) is 18.6 Å². The van der Waals surface area contributed by atoms with Crippen molar-refractivity contribution in [3.05, 3.63) is 29.0 Å². The van der Waals surface area contributed by atoms with Crippen LogP contribution in [-0.4, -0.2) is 38.0 Å². The van der Waals surface area contributed by atoms with E-state index in [1.807, 2.05) is 0 Å². The monoisotopic (exact) mass is 296 g/mol. The Morgan fingerprint density at radius 3 is 2.72 bits per heavy atom. The van der Waals surface area contributed by atoms with Crippen LogP contribution in [0.5, 0.6) is 0 Å². The molecule has 0 spiro atoms. The second-order valence-electron chi connectivity index (χ2n) is 3.60. The van der Waals surface area contributed by atoms with Crippen LogP contribution in [0.3, 0.4) is 0 Å². The molecule has 0 amide bonds. The molecule has 0 aromatic heterocycles. The lowest BCUT2D eigenvalue weighted by Crippen LogP contribution is -2.34. The number of nitrogens with zero attached hydrogens (tertiary/aromatic N) is 1. The van der Waals surface area contributed by atoms with Gasteiger partial charge in [0.1, 0.15) is 11.5 Å². The summed E-state index contributed by atoms with van der Waals surface area (Å²) in [6.45, 7) is -0.00177. The van der Waals surface area contributed by atoms with Crippen LogP contribution in [0.2, 0.25) is 5.02 Å². The van der Waals surface area contributed by atoms with Crippen molar-refractivity contribution < 1.29 is 17.9 Å². The van der Waals surface area contributed by atoms with E-state index in [4.69, 9.17) is 16.7 Å². The van der Waals surface area contributed by atoms with Crippen LogP contribution in [0, 0.1) is 5.82 Å². The van der Waals surface area contributed by atoms with E-state index in [1.165, 1.54) is 19.2 Å². The Hall–Kier alpha value is -0.890. The van der Waals surface area contributed by atoms with Gasteiger partial charge in [-0.1, -0.05) is 17.7 Å². The molecular formula is C10H14ClFN2O3S. The average Bonchev–Trinajstić information content (AvgIpc) is 2.31. The molecule has 102 valence electrons. The molecule has 0 radical (unpaired) electrons. The van der Waals surface area contributed by atoms with E-state index in [2.05, 4.69) is 4.72 Å². The van der Waals surface area contributed by atoms with Gasteiger partial charge in [-0.3, -0.25) is 4.72 Å². The van der Waals surface area contributed by atoms with Gasteiger partial charge < -0.3 is 5.11 Å². The topological polar surface area (TPSA) is 69.6 Å². The van der Waals surface area contributed by atoms with E-state index in [-0.39, 0.29) is 23.9 Å². The number of para-hydroxylation sites is 1. The molecule has 2 N–H and O–H groups in total. The quantitative estimate of drug-likeness (QED) is 0.835. The van der Waals surface area contributed by atoms with Gasteiger partial charge in [-0.15, -0.1) is 0 Å². The minimum Gasteiger partial charge on any atom is -0.396 e. The van der Waals surface area contributed by atoms with Crippen LogP contribution in [-0.2, 0) is 10.2 Å². The summed E-state index contributed by atoms with van der Waals surface area (Å²) in [5.41, 5.74) is -0.282. The molecule has 18 heavy (non-hydrogen) atoms. The molecule has 0 unspecified atom stereocenters. The van der Waals surface area contributed by atoms with E-state index in [9.17, 15) is 12.8 Å². The van der Waals surface area contributed by atoms with Crippen molar-refractivity contribution in [1.82, 2.24) is 4.31 Å². The minimum atomic E-state index is -3.88. The number of nitrogens with one attached hydrogen (secondary N) is 1. The molecular weight excluding hydrogens is 283 g/mol. The van der Waals surface area contributed by atoms with Crippen molar-refractivity contribution in [3.63, 3.8) is 0 Å². The van der Waals surface area contributed by atoms with Crippen molar-refractivity contribution in [1.29, 1.82) is 0 Å². The molecule has 8 heteroatoms. The first-order valence-electron chi connectivity index (χ1n) is 5.17. The zero-order valence-corrected chi connectivity index (χ0v) is 11.3. The van der Waals surface area contributed by atoms with Gasteiger partial charge in [0.2, 0.25) is 0 Å². The molecule has 0 aliphatic carbocycles. The predicted octanol–water partition coefficient (Wildman–Crippen LogP) is 1.45. The van der Waals surface area contributed by atoms with Crippen molar-refractivity contribution in [3.8, 4) is 0 Å². The zero-order chi connectivity index (χ0) is 13.8. The predicted molar refractivity (Wildman–Crippen MR) is 68.3 cm³/mol. The number of halogens is 2. The van der Waals surface area contributed by atoms with Gasteiger partial charge in [0.25, 0.3) is 0 Å². The molecule has 5 nitrogen and oxygen atoms in total. The number of anilines is 1. The standard InChI is InChI=1S/C10H14ClFN2O3S/c1-14(6-3-7-15)18(16,17)13-10-8(11)4-2-5-9(10)12/h2,4-5,13,15H,3,6-7H2,1H3. The highest BCUT2D eigenvalue weighted by molar-refractivity contribution is 7.90. The Labute approximate surface area is 110 Å². The van der Waals surface area contributed by atoms with Gasteiger partial charge in [-0.25, -0.2) is 4.39 Å². The lowest BCUT2D eigenvalue weighted by Gasteiger charge is -2.18. The molecule has 1 aromatic rings. The fourth-order valence-electron chi connectivity index (χ4n) is 1.22. The average molecular weight is 297 g/mol. The largest absolute Gasteiger partial charge is 0.396 e. The fourth-order valence-corrected chi connectivity index (χ4v) is 2.47. The van der Waals surface area contributed by atoms with Crippen LogP contribution in [0.15, 0.2) is 18.2 Å². The maximum absolute atomic E-state index is 13.4. The third kappa shape index (κ3) is 3.81. The Morgan fingerprint density at radius 2 is 2.17 bits per heavy atom. The lowest BCUT2D eigenvalue weighted by atomic mass is 10.3. The summed E-state index contributed by atoms with van der Waals surface area (Å²) in [4.78, 5) is 0. The number of aliphatic hydroxyl groups is 1. The third-order valence-electron chi connectivity index (χ3n) is 2.24. The number of hydrogen-bond acceptors (Lipinski definition) is 3.